The van der Waals surface area contributed by atoms with Crippen molar-refractivity contribution in [3.8, 4) is 22.1 Å². The van der Waals surface area contributed by atoms with Crippen LogP contribution in [0.2, 0.25) is 0 Å². The largest absolute Gasteiger partial charge is 0.454 e. The minimum atomic E-state index is 0. The first-order valence-electron chi connectivity index (χ1n) is 7.52. The fourth-order valence-electron chi connectivity index (χ4n) is 2.27. The number of hydrogen-bond donors (Lipinski definition) is 2. The fourth-order valence-corrected chi connectivity index (χ4v) is 3.09. The first kappa shape index (κ1) is 21.5. The number of thiazole rings is 1. The van der Waals surface area contributed by atoms with Crippen molar-refractivity contribution in [2.45, 2.75) is 12.8 Å². The van der Waals surface area contributed by atoms with Crippen molar-refractivity contribution >= 4 is 42.1 Å². The van der Waals surface area contributed by atoms with Gasteiger partial charge in [0.2, 0.25) is 12.7 Å². The summed E-state index contributed by atoms with van der Waals surface area (Å²) in [5.74, 6) is 1.50. The third kappa shape index (κ3) is 5.74. The van der Waals surface area contributed by atoms with Crippen LogP contribution in [0.4, 0.5) is 0 Å². The molecule has 1 aromatic carbocycles. The van der Waals surface area contributed by atoms with Crippen LogP contribution >= 0.6 is 36.2 Å². The van der Waals surface area contributed by atoms with Crippen LogP contribution in [0.5, 0.6) is 11.5 Å². The highest BCUT2D eigenvalue weighted by molar-refractivity contribution is 7.13. The lowest BCUT2D eigenvalue weighted by Crippen LogP contribution is -2.28. The predicted octanol–water partition coefficient (Wildman–Crippen LogP) is 2.65. The number of amides is 1. The Kier molecular flexibility index (Phi) is 8.99. The summed E-state index contributed by atoms with van der Waals surface area (Å²) in [6.07, 6.45) is 1.22. The zero-order chi connectivity index (χ0) is 16.1. The van der Waals surface area contributed by atoms with Gasteiger partial charge in [0.25, 0.3) is 0 Å². The molecule has 2 N–H and O–H groups in total. The van der Waals surface area contributed by atoms with E-state index in [2.05, 4.69) is 15.6 Å². The fraction of sp³-hybridized carbons (Fsp3) is 0.375. The number of hydrogen-bond acceptors (Lipinski definition) is 6. The highest BCUT2D eigenvalue weighted by atomic mass is 35.5. The molecule has 0 spiro atoms. The molecule has 1 aliphatic heterocycles. The summed E-state index contributed by atoms with van der Waals surface area (Å²) in [6.45, 7) is 1.83. The van der Waals surface area contributed by atoms with Crippen LogP contribution in [-0.2, 0) is 11.2 Å². The molecule has 138 valence electrons. The third-order valence-electron chi connectivity index (χ3n) is 3.44. The molecule has 0 aliphatic carbocycles. The number of ether oxygens (including phenoxy) is 2. The topological polar surface area (TPSA) is 72.5 Å². The van der Waals surface area contributed by atoms with Gasteiger partial charge in [0.1, 0.15) is 5.01 Å². The van der Waals surface area contributed by atoms with E-state index >= 15 is 0 Å². The van der Waals surface area contributed by atoms with E-state index in [4.69, 9.17) is 9.47 Å². The lowest BCUT2D eigenvalue weighted by Gasteiger charge is -2.03. The summed E-state index contributed by atoms with van der Waals surface area (Å²) in [6, 6.07) is 5.75. The minimum Gasteiger partial charge on any atom is -0.454 e. The van der Waals surface area contributed by atoms with Gasteiger partial charge in [-0.05, 0) is 38.2 Å². The maximum Gasteiger partial charge on any atom is 0.231 e. The monoisotopic (exact) mass is 405 g/mol. The molecule has 0 unspecified atom stereocenters. The maximum atomic E-state index is 11.9. The molecule has 6 nitrogen and oxygen atoms in total. The van der Waals surface area contributed by atoms with Gasteiger partial charge in [0, 0.05) is 17.5 Å². The highest BCUT2D eigenvalue weighted by Crippen LogP contribution is 2.36. The van der Waals surface area contributed by atoms with Gasteiger partial charge in [0.15, 0.2) is 11.5 Å². The van der Waals surface area contributed by atoms with Crippen LogP contribution in [0, 0.1) is 0 Å². The Bertz CT molecular complexity index is 697. The zero-order valence-corrected chi connectivity index (χ0v) is 16.2. The van der Waals surface area contributed by atoms with Crippen molar-refractivity contribution in [3.63, 3.8) is 0 Å². The average Bonchev–Trinajstić information content (AvgIpc) is 3.19. The molecule has 0 bridgehead atoms. The second-order valence-electron chi connectivity index (χ2n) is 5.20. The second-order valence-corrected chi connectivity index (χ2v) is 6.05. The number of aromatic nitrogens is 1. The van der Waals surface area contributed by atoms with Gasteiger partial charge in [-0.1, -0.05) is 0 Å². The smallest absolute Gasteiger partial charge is 0.231 e. The molecule has 3 rings (SSSR count). The molecule has 0 radical (unpaired) electrons. The predicted molar refractivity (Wildman–Crippen MR) is 103 cm³/mol. The Morgan fingerprint density at radius 1 is 1.24 bits per heavy atom. The van der Waals surface area contributed by atoms with Crippen molar-refractivity contribution < 1.29 is 14.3 Å². The van der Waals surface area contributed by atoms with Crippen molar-refractivity contribution in [1.29, 1.82) is 0 Å². The normalized spacial score (nSPS) is 11.4. The van der Waals surface area contributed by atoms with E-state index in [0.717, 1.165) is 40.7 Å². The van der Waals surface area contributed by atoms with Crippen LogP contribution < -0.4 is 20.1 Å². The Balaban J connectivity index is 0.00000156. The number of carbonyl (C=O) groups excluding carboxylic acids is 1. The summed E-state index contributed by atoms with van der Waals surface area (Å²) in [7, 11) is 1.90. The number of rotatable bonds is 7. The van der Waals surface area contributed by atoms with E-state index in [1.165, 1.54) is 11.3 Å². The van der Waals surface area contributed by atoms with E-state index in [1.807, 2.05) is 30.6 Å². The summed E-state index contributed by atoms with van der Waals surface area (Å²) < 4.78 is 10.7. The summed E-state index contributed by atoms with van der Waals surface area (Å²) in [4.78, 5) is 16.4. The van der Waals surface area contributed by atoms with Gasteiger partial charge in [-0.15, -0.1) is 36.2 Å². The van der Waals surface area contributed by atoms with E-state index in [1.54, 1.807) is 0 Å². The average molecular weight is 406 g/mol. The van der Waals surface area contributed by atoms with E-state index in [9.17, 15) is 4.79 Å². The summed E-state index contributed by atoms with van der Waals surface area (Å²) in [5.41, 5.74) is 1.76. The van der Waals surface area contributed by atoms with Gasteiger partial charge in [0.05, 0.1) is 12.1 Å². The molecule has 2 heterocycles. The van der Waals surface area contributed by atoms with Gasteiger partial charge < -0.3 is 20.1 Å². The number of halogens is 2. The van der Waals surface area contributed by atoms with Crippen LogP contribution in [0.3, 0.4) is 0 Å². The summed E-state index contributed by atoms with van der Waals surface area (Å²) in [5, 5.41) is 8.75. The van der Waals surface area contributed by atoms with Gasteiger partial charge in [-0.25, -0.2) is 4.98 Å². The molecular weight excluding hydrogens is 385 g/mol. The molecule has 1 aliphatic rings. The minimum absolute atomic E-state index is 0. The maximum absolute atomic E-state index is 11.9. The highest BCUT2D eigenvalue weighted by Gasteiger charge is 2.15. The lowest BCUT2D eigenvalue weighted by atomic mass is 10.2. The van der Waals surface area contributed by atoms with Crippen LogP contribution in [-0.4, -0.2) is 37.8 Å². The SMILES string of the molecule is CNCCCNC(=O)Cc1csc(-c2ccc3c(c2)OCO3)n1.Cl.Cl. The molecule has 0 atom stereocenters. The van der Waals surface area contributed by atoms with Gasteiger partial charge in [-0.3, -0.25) is 4.79 Å². The number of carbonyl (C=O) groups is 1. The van der Waals surface area contributed by atoms with Crippen molar-refractivity contribution in [1.82, 2.24) is 15.6 Å². The van der Waals surface area contributed by atoms with E-state index < -0.39 is 0 Å². The first-order valence-corrected chi connectivity index (χ1v) is 8.40. The molecule has 1 amide bonds. The molecule has 0 saturated heterocycles. The number of benzene rings is 1. The number of fused-ring (bicyclic) bond motifs is 1. The van der Waals surface area contributed by atoms with Crippen LogP contribution in [0.1, 0.15) is 12.1 Å². The third-order valence-corrected chi connectivity index (χ3v) is 4.38. The zero-order valence-electron chi connectivity index (χ0n) is 13.7. The molecule has 25 heavy (non-hydrogen) atoms. The molecule has 1 aromatic heterocycles. The Hall–Kier alpha value is -1.54. The lowest BCUT2D eigenvalue weighted by molar-refractivity contribution is -0.120. The number of nitrogens with zero attached hydrogens (tertiary/aromatic N) is 1. The Morgan fingerprint density at radius 2 is 2.04 bits per heavy atom. The van der Waals surface area contributed by atoms with Gasteiger partial charge >= 0.3 is 0 Å². The van der Waals surface area contributed by atoms with Crippen molar-refractivity contribution in [3.05, 3.63) is 29.3 Å². The first-order chi connectivity index (χ1) is 11.3. The van der Waals surface area contributed by atoms with Crippen molar-refractivity contribution in [2.75, 3.05) is 26.9 Å². The van der Waals surface area contributed by atoms with Gasteiger partial charge in [-0.2, -0.15) is 0 Å². The molecule has 0 fully saturated rings. The summed E-state index contributed by atoms with van der Waals surface area (Å²) >= 11 is 1.52. The molecule has 2 aromatic rings. The van der Waals surface area contributed by atoms with E-state index in [-0.39, 0.29) is 37.5 Å². The Morgan fingerprint density at radius 3 is 2.84 bits per heavy atom. The molecule has 9 heteroatoms. The van der Waals surface area contributed by atoms with Crippen molar-refractivity contribution in [2.24, 2.45) is 0 Å². The molecule has 0 saturated carbocycles. The second kappa shape index (κ2) is 10.5. The quantitative estimate of drug-likeness (QED) is 0.692. The Labute approximate surface area is 163 Å². The number of nitrogens with one attached hydrogen (secondary N) is 2. The molecular formula is C16H21Cl2N3O3S. The standard InChI is InChI=1S/C16H19N3O3S.2ClH/c1-17-5-2-6-18-15(20)8-12-9-23-16(19-12)11-3-4-13-14(7-11)22-10-21-13;;/h3-4,7,9,17H,2,5-6,8,10H2,1H3,(H,18,20);2*1H. The van der Waals surface area contributed by atoms with Crippen LogP contribution in [0.25, 0.3) is 10.6 Å². The van der Waals surface area contributed by atoms with Crippen LogP contribution in [0.15, 0.2) is 23.6 Å². The van der Waals surface area contributed by atoms with E-state index in [0.29, 0.717) is 13.0 Å².